The number of hydrogen-bond acceptors (Lipinski definition) is 6. The van der Waals surface area contributed by atoms with Crippen molar-refractivity contribution in [2.45, 2.75) is 6.54 Å². The van der Waals surface area contributed by atoms with Crippen LogP contribution in [0.1, 0.15) is 0 Å². The lowest BCUT2D eigenvalue weighted by atomic mass is 10.1. The van der Waals surface area contributed by atoms with E-state index in [1.54, 1.807) is 9.08 Å². The van der Waals surface area contributed by atoms with Crippen molar-refractivity contribution >= 4 is 27.5 Å². The first-order valence-corrected chi connectivity index (χ1v) is 11.1. The van der Waals surface area contributed by atoms with E-state index in [0.717, 1.165) is 30.4 Å². The fourth-order valence-electron chi connectivity index (χ4n) is 4.34. The Labute approximate surface area is 189 Å². The third kappa shape index (κ3) is 3.73. The lowest BCUT2D eigenvalue weighted by Crippen LogP contribution is -2.39. The number of fused-ring (bicyclic) bond motifs is 4. The van der Waals surface area contributed by atoms with E-state index in [1.807, 2.05) is 66.7 Å². The zero-order valence-electron chi connectivity index (χ0n) is 18.1. The molecule has 0 aliphatic carbocycles. The van der Waals surface area contributed by atoms with Crippen molar-refractivity contribution in [1.29, 1.82) is 0 Å². The molecule has 166 valence electrons. The fraction of sp³-hybridized carbons (Fsp3) is 0.240. The molecule has 1 aliphatic heterocycles. The van der Waals surface area contributed by atoms with Crippen molar-refractivity contribution in [1.82, 2.24) is 24.1 Å². The number of para-hydroxylation sites is 1. The van der Waals surface area contributed by atoms with Crippen LogP contribution in [-0.2, 0) is 11.3 Å². The second-order valence-corrected chi connectivity index (χ2v) is 8.15. The van der Waals surface area contributed by atoms with Crippen LogP contribution in [0.4, 0.5) is 0 Å². The summed E-state index contributed by atoms with van der Waals surface area (Å²) in [6.45, 7) is 4.40. The highest BCUT2D eigenvalue weighted by atomic mass is 16.5. The largest absolute Gasteiger partial charge is 0.423 e. The molecule has 1 saturated heterocycles. The Balaban J connectivity index is 1.51. The molecule has 0 radical (unpaired) electrons. The number of rotatable bonds is 5. The molecule has 3 heterocycles. The lowest BCUT2D eigenvalue weighted by Gasteiger charge is -2.26. The molecule has 0 N–H and O–H groups in total. The predicted octanol–water partition coefficient (Wildman–Crippen LogP) is 3.32. The first-order chi connectivity index (χ1) is 16.3. The maximum Gasteiger partial charge on any atom is 0.343 e. The van der Waals surface area contributed by atoms with Crippen LogP contribution in [0.15, 0.2) is 71.5 Å². The molecule has 0 unspecified atom stereocenters. The van der Waals surface area contributed by atoms with Gasteiger partial charge in [0.1, 0.15) is 5.75 Å². The van der Waals surface area contributed by atoms with E-state index in [1.165, 1.54) is 0 Å². The number of hydrogen-bond donors (Lipinski definition) is 0. The molecule has 3 aromatic carbocycles. The van der Waals surface area contributed by atoms with Gasteiger partial charge < -0.3 is 9.47 Å². The van der Waals surface area contributed by atoms with Crippen molar-refractivity contribution in [2.75, 3.05) is 32.8 Å². The Morgan fingerprint density at radius 2 is 1.64 bits per heavy atom. The van der Waals surface area contributed by atoms with Gasteiger partial charge in [-0.1, -0.05) is 42.5 Å². The van der Waals surface area contributed by atoms with Crippen molar-refractivity contribution in [2.24, 2.45) is 0 Å². The van der Waals surface area contributed by atoms with Gasteiger partial charge in [-0.05, 0) is 35.0 Å². The Morgan fingerprint density at radius 3 is 2.42 bits per heavy atom. The first kappa shape index (κ1) is 19.9. The normalized spacial score (nSPS) is 14.9. The van der Waals surface area contributed by atoms with E-state index in [0.29, 0.717) is 42.2 Å². The molecule has 8 nitrogen and oxygen atoms in total. The summed E-state index contributed by atoms with van der Waals surface area (Å²) < 4.78 is 14.8. The molecule has 1 fully saturated rings. The van der Waals surface area contributed by atoms with E-state index in [4.69, 9.17) is 9.47 Å². The minimum absolute atomic E-state index is 0.0739. The topological polar surface area (TPSA) is 73.9 Å². The van der Waals surface area contributed by atoms with Crippen LogP contribution in [0.3, 0.4) is 0 Å². The highest BCUT2D eigenvalue weighted by Gasteiger charge is 2.18. The van der Waals surface area contributed by atoms with Crippen LogP contribution in [-0.4, -0.2) is 56.9 Å². The fourth-order valence-corrected chi connectivity index (χ4v) is 4.34. The van der Waals surface area contributed by atoms with Crippen LogP contribution >= 0.6 is 0 Å². The number of ether oxygens (including phenoxy) is 2. The van der Waals surface area contributed by atoms with E-state index in [9.17, 15) is 4.79 Å². The number of benzene rings is 3. The molecule has 1 aliphatic rings. The second kappa shape index (κ2) is 8.31. The third-order valence-corrected chi connectivity index (χ3v) is 6.08. The average Bonchev–Trinajstić information content (AvgIpc) is 3.28. The average molecular weight is 441 g/mol. The number of nitrogens with zero attached hydrogens (tertiary/aromatic N) is 5. The molecule has 0 bridgehead atoms. The van der Waals surface area contributed by atoms with E-state index in [-0.39, 0.29) is 11.6 Å². The second-order valence-electron chi connectivity index (χ2n) is 8.15. The molecule has 5 aromatic rings. The molecule has 6 rings (SSSR count). The van der Waals surface area contributed by atoms with Gasteiger partial charge >= 0.3 is 6.01 Å². The van der Waals surface area contributed by atoms with E-state index < -0.39 is 0 Å². The van der Waals surface area contributed by atoms with Crippen molar-refractivity contribution in [3.8, 4) is 11.8 Å². The molecular formula is C25H23N5O3. The summed E-state index contributed by atoms with van der Waals surface area (Å²) in [6, 6.07) is 21.6. The van der Waals surface area contributed by atoms with Crippen molar-refractivity contribution < 1.29 is 9.47 Å². The molecule has 2 aromatic heterocycles. The van der Waals surface area contributed by atoms with Crippen LogP contribution < -0.4 is 10.3 Å². The van der Waals surface area contributed by atoms with Gasteiger partial charge in [-0.3, -0.25) is 14.3 Å². The van der Waals surface area contributed by atoms with Crippen molar-refractivity contribution in [3.05, 3.63) is 77.1 Å². The molecule has 0 spiro atoms. The first-order valence-electron chi connectivity index (χ1n) is 11.1. The third-order valence-electron chi connectivity index (χ3n) is 6.08. The summed E-state index contributed by atoms with van der Waals surface area (Å²) in [6.07, 6.45) is 0. The monoisotopic (exact) mass is 441 g/mol. The van der Waals surface area contributed by atoms with E-state index in [2.05, 4.69) is 15.0 Å². The minimum Gasteiger partial charge on any atom is -0.423 e. The lowest BCUT2D eigenvalue weighted by molar-refractivity contribution is 0.0364. The summed E-state index contributed by atoms with van der Waals surface area (Å²) in [4.78, 5) is 20.5. The number of aromatic nitrogens is 4. The maximum atomic E-state index is 13.6. The molecule has 33 heavy (non-hydrogen) atoms. The Morgan fingerprint density at radius 1 is 0.909 bits per heavy atom. The summed E-state index contributed by atoms with van der Waals surface area (Å²) in [7, 11) is 0. The Bertz CT molecular complexity index is 1500. The highest BCUT2D eigenvalue weighted by Crippen LogP contribution is 2.24. The van der Waals surface area contributed by atoms with Crippen LogP contribution in [0.5, 0.6) is 11.8 Å². The maximum absolute atomic E-state index is 13.6. The summed E-state index contributed by atoms with van der Waals surface area (Å²) in [5.41, 5.74) is 0.641. The van der Waals surface area contributed by atoms with E-state index >= 15 is 0 Å². The van der Waals surface area contributed by atoms with Gasteiger partial charge in [0.2, 0.25) is 5.78 Å². The van der Waals surface area contributed by atoms with Gasteiger partial charge in [0, 0.05) is 26.2 Å². The van der Waals surface area contributed by atoms with Crippen LogP contribution in [0.2, 0.25) is 0 Å². The minimum atomic E-state index is -0.0739. The molecule has 0 amide bonds. The van der Waals surface area contributed by atoms with Gasteiger partial charge in [0.15, 0.2) is 0 Å². The zero-order valence-corrected chi connectivity index (χ0v) is 18.1. The van der Waals surface area contributed by atoms with Gasteiger partial charge in [-0.2, -0.15) is 9.50 Å². The molecular weight excluding hydrogens is 418 g/mol. The van der Waals surface area contributed by atoms with Gasteiger partial charge in [-0.15, -0.1) is 5.10 Å². The SMILES string of the molecule is O=c1c2cc3ccccc3cc2n2nc(Oc3ccccc3)nc2n1CCN1CCOCC1. The van der Waals surface area contributed by atoms with Crippen LogP contribution in [0, 0.1) is 0 Å². The smallest absolute Gasteiger partial charge is 0.343 e. The summed E-state index contributed by atoms with van der Waals surface area (Å²) in [5.74, 6) is 1.12. The summed E-state index contributed by atoms with van der Waals surface area (Å²) in [5, 5.41) is 7.30. The Hall–Kier alpha value is -3.75. The van der Waals surface area contributed by atoms with Gasteiger partial charge in [0.05, 0.1) is 24.1 Å². The zero-order chi connectivity index (χ0) is 22.2. The predicted molar refractivity (Wildman–Crippen MR) is 126 cm³/mol. The summed E-state index contributed by atoms with van der Waals surface area (Å²) >= 11 is 0. The van der Waals surface area contributed by atoms with Gasteiger partial charge in [0.25, 0.3) is 5.56 Å². The van der Waals surface area contributed by atoms with Crippen LogP contribution in [0.25, 0.3) is 27.5 Å². The highest BCUT2D eigenvalue weighted by molar-refractivity contribution is 5.96. The number of morpholine rings is 1. The quantitative estimate of drug-likeness (QED) is 0.390. The Kier molecular flexibility index (Phi) is 5.01. The standard InChI is InChI=1S/C25H23N5O3/c31-23-21-16-18-6-4-5-7-19(18)17-22(21)30-25(29(23)11-10-28-12-14-32-15-13-28)26-24(27-30)33-20-8-2-1-3-9-20/h1-9,16-17H,10-15H2. The molecule has 0 saturated carbocycles. The van der Waals surface area contributed by atoms with Gasteiger partial charge in [-0.25, -0.2) is 0 Å². The molecule has 0 atom stereocenters. The van der Waals surface area contributed by atoms with Crippen molar-refractivity contribution in [3.63, 3.8) is 0 Å². The molecule has 8 heteroatoms.